The normalized spacial score (nSPS) is 16.6. The van der Waals surface area contributed by atoms with Gasteiger partial charge in [-0.2, -0.15) is 0 Å². The lowest BCUT2D eigenvalue weighted by Crippen LogP contribution is -2.48. The third-order valence-corrected chi connectivity index (χ3v) is 5.78. The molecule has 2 aromatic carbocycles. The average molecular weight is 384 g/mol. The minimum atomic E-state index is -0.0202. The first-order valence-corrected chi connectivity index (χ1v) is 10.0. The molecule has 0 spiro atoms. The Morgan fingerprint density at radius 2 is 1.93 bits per heavy atom. The zero-order valence-electron chi connectivity index (χ0n) is 16.2. The van der Waals surface area contributed by atoms with E-state index >= 15 is 0 Å². The topological polar surface area (TPSA) is 53.1 Å². The van der Waals surface area contributed by atoms with Crippen LogP contribution in [0.25, 0.3) is 10.9 Å². The highest BCUT2D eigenvalue weighted by atomic mass is 16.1. The molecule has 0 saturated carbocycles. The number of carbonyl (C=O) groups excluding carboxylic acids is 1. The van der Waals surface area contributed by atoms with Crippen molar-refractivity contribution in [3.63, 3.8) is 0 Å². The zero-order valence-corrected chi connectivity index (χ0v) is 16.2. The van der Waals surface area contributed by atoms with Crippen molar-refractivity contribution in [3.05, 3.63) is 95.9 Å². The zero-order chi connectivity index (χ0) is 19.6. The van der Waals surface area contributed by atoms with Gasteiger partial charge in [0.25, 0.3) is 5.91 Å². The second-order valence-electron chi connectivity index (χ2n) is 7.65. The number of carbonyl (C=O) groups is 1. The van der Waals surface area contributed by atoms with Gasteiger partial charge in [-0.05, 0) is 35.9 Å². The Kier molecular flexibility index (Phi) is 4.66. The Morgan fingerprint density at radius 1 is 1.03 bits per heavy atom. The Labute approximate surface area is 170 Å². The summed E-state index contributed by atoms with van der Waals surface area (Å²) in [5.74, 6) is -0.0202. The van der Waals surface area contributed by atoms with E-state index in [-0.39, 0.29) is 11.9 Å². The van der Waals surface area contributed by atoms with Gasteiger partial charge < -0.3 is 14.9 Å². The van der Waals surface area contributed by atoms with Gasteiger partial charge in [0.1, 0.15) is 0 Å². The smallest absolute Gasteiger partial charge is 0.252 e. The summed E-state index contributed by atoms with van der Waals surface area (Å²) in [4.78, 5) is 18.5. The van der Waals surface area contributed by atoms with Crippen LogP contribution < -0.4 is 5.32 Å². The van der Waals surface area contributed by atoms with Crippen molar-refractivity contribution in [1.82, 2.24) is 19.8 Å². The van der Waals surface area contributed by atoms with Crippen LogP contribution in [0.5, 0.6) is 0 Å². The quantitative estimate of drug-likeness (QED) is 0.550. The van der Waals surface area contributed by atoms with Crippen molar-refractivity contribution >= 4 is 16.8 Å². The van der Waals surface area contributed by atoms with Crippen LogP contribution in [0.2, 0.25) is 0 Å². The summed E-state index contributed by atoms with van der Waals surface area (Å²) in [5, 5.41) is 4.14. The SMILES string of the molecule is O=C(NCC1Cn2cccc2CN1Cc1ccccc1)c1cccc2[nH]ccc12. The van der Waals surface area contributed by atoms with Gasteiger partial charge in [0.2, 0.25) is 0 Å². The molecular formula is C24H24N4O. The molecule has 146 valence electrons. The number of rotatable bonds is 5. The van der Waals surface area contributed by atoms with E-state index in [0.29, 0.717) is 6.54 Å². The van der Waals surface area contributed by atoms with Gasteiger partial charge in [0, 0.05) is 66.8 Å². The maximum atomic E-state index is 12.9. The Morgan fingerprint density at radius 3 is 2.83 bits per heavy atom. The molecule has 1 atom stereocenters. The van der Waals surface area contributed by atoms with E-state index in [1.165, 1.54) is 11.3 Å². The lowest BCUT2D eigenvalue weighted by Gasteiger charge is -2.37. The standard InChI is InChI=1S/C24H24N4O/c29-24(22-9-4-10-23-21(22)11-12-25-23)26-14-20-17-27-13-5-8-19(27)16-28(20)15-18-6-2-1-3-7-18/h1-13,20,25H,14-17H2,(H,26,29). The summed E-state index contributed by atoms with van der Waals surface area (Å²) < 4.78 is 2.30. The van der Waals surface area contributed by atoms with Crippen LogP contribution in [0.1, 0.15) is 21.6 Å². The molecule has 3 heterocycles. The molecule has 5 heteroatoms. The molecule has 0 fully saturated rings. The minimum Gasteiger partial charge on any atom is -0.361 e. The van der Waals surface area contributed by atoms with Crippen LogP contribution in [-0.2, 0) is 19.6 Å². The number of hydrogen-bond acceptors (Lipinski definition) is 2. The molecule has 0 aliphatic carbocycles. The van der Waals surface area contributed by atoms with Crippen molar-refractivity contribution in [1.29, 1.82) is 0 Å². The van der Waals surface area contributed by atoms with Gasteiger partial charge in [0.05, 0.1) is 0 Å². The van der Waals surface area contributed by atoms with Crippen LogP contribution in [0.15, 0.2) is 79.1 Å². The van der Waals surface area contributed by atoms with E-state index in [1.54, 1.807) is 0 Å². The average Bonchev–Trinajstić information content (AvgIpc) is 3.41. The molecule has 0 bridgehead atoms. The van der Waals surface area contributed by atoms with Crippen LogP contribution >= 0.6 is 0 Å². The van der Waals surface area contributed by atoms with Gasteiger partial charge in [-0.3, -0.25) is 9.69 Å². The van der Waals surface area contributed by atoms with Gasteiger partial charge in [-0.15, -0.1) is 0 Å². The summed E-state index contributed by atoms with van der Waals surface area (Å²) >= 11 is 0. The van der Waals surface area contributed by atoms with E-state index in [0.717, 1.165) is 36.1 Å². The van der Waals surface area contributed by atoms with Gasteiger partial charge >= 0.3 is 0 Å². The number of hydrogen-bond donors (Lipinski definition) is 2. The fraction of sp³-hybridized carbons (Fsp3) is 0.208. The fourth-order valence-corrected chi connectivity index (χ4v) is 4.24. The molecular weight excluding hydrogens is 360 g/mol. The van der Waals surface area contributed by atoms with Gasteiger partial charge in [0.15, 0.2) is 0 Å². The number of H-pyrrole nitrogens is 1. The van der Waals surface area contributed by atoms with Crippen molar-refractivity contribution in [2.45, 2.75) is 25.7 Å². The van der Waals surface area contributed by atoms with Crippen molar-refractivity contribution in [3.8, 4) is 0 Å². The molecule has 1 aliphatic heterocycles. The lowest BCUT2D eigenvalue weighted by molar-refractivity contribution is 0.0900. The van der Waals surface area contributed by atoms with Gasteiger partial charge in [-0.1, -0.05) is 36.4 Å². The first-order valence-electron chi connectivity index (χ1n) is 10.0. The molecule has 29 heavy (non-hydrogen) atoms. The highest BCUT2D eigenvalue weighted by molar-refractivity contribution is 6.06. The summed E-state index contributed by atoms with van der Waals surface area (Å²) in [6, 6.07) is 22.8. The predicted molar refractivity (Wildman–Crippen MR) is 115 cm³/mol. The summed E-state index contributed by atoms with van der Waals surface area (Å²) in [7, 11) is 0. The molecule has 5 nitrogen and oxygen atoms in total. The number of fused-ring (bicyclic) bond motifs is 2. The number of amides is 1. The molecule has 0 saturated heterocycles. The first kappa shape index (κ1) is 17.8. The van der Waals surface area contributed by atoms with E-state index in [1.807, 2.05) is 36.5 Å². The highest BCUT2D eigenvalue weighted by Gasteiger charge is 2.26. The molecule has 1 amide bonds. The Balaban J connectivity index is 1.33. The third kappa shape index (κ3) is 3.57. The van der Waals surface area contributed by atoms with Crippen molar-refractivity contribution in [2.75, 3.05) is 6.54 Å². The predicted octanol–water partition coefficient (Wildman–Crippen LogP) is 3.78. The first-order chi connectivity index (χ1) is 14.3. The van der Waals surface area contributed by atoms with Crippen molar-refractivity contribution in [2.24, 2.45) is 0 Å². The van der Waals surface area contributed by atoms with Crippen LogP contribution in [0.3, 0.4) is 0 Å². The molecule has 1 unspecified atom stereocenters. The number of nitrogens with zero attached hydrogens (tertiary/aromatic N) is 2. The molecule has 4 aromatic rings. The summed E-state index contributed by atoms with van der Waals surface area (Å²) in [6.07, 6.45) is 4.00. The number of aromatic amines is 1. The number of benzene rings is 2. The van der Waals surface area contributed by atoms with Gasteiger partial charge in [-0.25, -0.2) is 0 Å². The number of nitrogens with one attached hydrogen (secondary N) is 2. The second-order valence-corrected chi connectivity index (χ2v) is 7.65. The molecule has 1 aliphatic rings. The summed E-state index contributed by atoms with van der Waals surface area (Å²) in [6.45, 7) is 3.25. The minimum absolute atomic E-state index is 0.0202. The van der Waals surface area contributed by atoms with E-state index in [9.17, 15) is 4.79 Å². The monoisotopic (exact) mass is 384 g/mol. The maximum absolute atomic E-state index is 12.9. The van der Waals surface area contributed by atoms with Crippen LogP contribution in [-0.4, -0.2) is 32.9 Å². The van der Waals surface area contributed by atoms with E-state index < -0.39 is 0 Å². The van der Waals surface area contributed by atoms with E-state index in [4.69, 9.17) is 0 Å². The maximum Gasteiger partial charge on any atom is 0.252 e. The Bertz CT molecular complexity index is 1130. The fourth-order valence-electron chi connectivity index (χ4n) is 4.24. The molecule has 0 radical (unpaired) electrons. The van der Waals surface area contributed by atoms with E-state index in [2.05, 4.69) is 62.4 Å². The molecule has 5 rings (SSSR count). The Hall–Kier alpha value is -3.31. The van der Waals surface area contributed by atoms with Crippen LogP contribution in [0.4, 0.5) is 0 Å². The van der Waals surface area contributed by atoms with Crippen LogP contribution in [0, 0.1) is 0 Å². The molecule has 2 aromatic heterocycles. The lowest BCUT2D eigenvalue weighted by atomic mass is 10.1. The largest absolute Gasteiger partial charge is 0.361 e. The third-order valence-electron chi connectivity index (χ3n) is 5.78. The van der Waals surface area contributed by atoms with Crippen molar-refractivity contribution < 1.29 is 4.79 Å². The molecule has 2 N–H and O–H groups in total. The number of aromatic nitrogens is 2. The second kappa shape index (κ2) is 7.60. The summed E-state index contributed by atoms with van der Waals surface area (Å²) in [5.41, 5.74) is 4.32. The highest BCUT2D eigenvalue weighted by Crippen LogP contribution is 2.21.